The van der Waals surface area contributed by atoms with E-state index in [1.54, 1.807) is 0 Å². The molecule has 0 spiro atoms. The average Bonchev–Trinajstić information content (AvgIpc) is 2.61. The van der Waals surface area contributed by atoms with Gasteiger partial charge in [-0.05, 0) is 44.0 Å². The standard InChI is InChI=1S/C21H23F3N2O/c1-15-6-4-7-16(12-15)13-26-11-5-8-17(14-26)20(27)25-19-10-3-2-9-18(19)21(22,23)24/h2-4,6-7,9-10,12,17H,5,8,11,13-14H2,1H3,(H,25,27). The third-order valence-corrected chi connectivity index (χ3v) is 4.86. The van der Waals surface area contributed by atoms with E-state index in [1.807, 2.05) is 19.1 Å². The Morgan fingerprint density at radius 2 is 1.96 bits per heavy atom. The summed E-state index contributed by atoms with van der Waals surface area (Å²) in [7, 11) is 0. The van der Waals surface area contributed by atoms with E-state index in [4.69, 9.17) is 0 Å². The van der Waals surface area contributed by atoms with Crippen molar-refractivity contribution in [1.29, 1.82) is 0 Å². The summed E-state index contributed by atoms with van der Waals surface area (Å²) >= 11 is 0. The molecule has 1 fully saturated rings. The minimum absolute atomic E-state index is 0.175. The molecule has 27 heavy (non-hydrogen) atoms. The Morgan fingerprint density at radius 1 is 1.19 bits per heavy atom. The van der Waals surface area contributed by atoms with Crippen LogP contribution >= 0.6 is 0 Å². The zero-order chi connectivity index (χ0) is 19.4. The number of nitrogens with one attached hydrogen (secondary N) is 1. The van der Waals surface area contributed by atoms with Crippen molar-refractivity contribution in [2.45, 2.75) is 32.5 Å². The maximum absolute atomic E-state index is 13.1. The number of amides is 1. The van der Waals surface area contributed by atoms with Crippen molar-refractivity contribution in [3.8, 4) is 0 Å². The van der Waals surface area contributed by atoms with Crippen LogP contribution in [0.15, 0.2) is 48.5 Å². The molecule has 0 radical (unpaired) electrons. The van der Waals surface area contributed by atoms with Gasteiger partial charge in [0.1, 0.15) is 0 Å². The highest BCUT2D eigenvalue weighted by molar-refractivity contribution is 5.93. The molecule has 2 aromatic rings. The molecule has 1 saturated heterocycles. The minimum Gasteiger partial charge on any atom is -0.325 e. The molecule has 1 aliphatic heterocycles. The lowest BCUT2D eigenvalue weighted by atomic mass is 9.96. The van der Waals surface area contributed by atoms with Crippen molar-refractivity contribution in [3.63, 3.8) is 0 Å². The maximum Gasteiger partial charge on any atom is 0.418 e. The number of carbonyl (C=O) groups excluding carboxylic acids is 1. The molecule has 3 rings (SSSR count). The van der Waals surface area contributed by atoms with E-state index in [0.29, 0.717) is 13.0 Å². The van der Waals surface area contributed by atoms with Crippen LogP contribution in [-0.4, -0.2) is 23.9 Å². The van der Waals surface area contributed by atoms with Gasteiger partial charge < -0.3 is 5.32 Å². The van der Waals surface area contributed by atoms with Gasteiger partial charge in [0, 0.05) is 13.1 Å². The van der Waals surface area contributed by atoms with Gasteiger partial charge in [-0.25, -0.2) is 0 Å². The van der Waals surface area contributed by atoms with Crippen LogP contribution in [0.1, 0.15) is 29.5 Å². The highest BCUT2D eigenvalue weighted by Crippen LogP contribution is 2.35. The summed E-state index contributed by atoms with van der Waals surface area (Å²) in [5.74, 6) is -0.662. The lowest BCUT2D eigenvalue weighted by molar-refractivity contribution is -0.137. The van der Waals surface area contributed by atoms with Crippen LogP contribution in [0.4, 0.5) is 18.9 Å². The van der Waals surface area contributed by atoms with Gasteiger partial charge in [0.15, 0.2) is 0 Å². The van der Waals surface area contributed by atoms with E-state index in [9.17, 15) is 18.0 Å². The molecule has 1 aliphatic rings. The maximum atomic E-state index is 13.1. The fraction of sp³-hybridized carbons (Fsp3) is 0.381. The van der Waals surface area contributed by atoms with Gasteiger partial charge in [0.2, 0.25) is 5.91 Å². The van der Waals surface area contributed by atoms with E-state index in [2.05, 4.69) is 22.3 Å². The summed E-state index contributed by atoms with van der Waals surface area (Å²) in [6.45, 7) is 4.21. The summed E-state index contributed by atoms with van der Waals surface area (Å²) in [6, 6.07) is 13.3. The lowest BCUT2D eigenvalue weighted by Gasteiger charge is -2.32. The zero-order valence-electron chi connectivity index (χ0n) is 15.2. The molecule has 1 N–H and O–H groups in total. The molecule has 0 aliphatic carbocycles. The molecular formula is C21H23F3N2O. The number of nitrogens with zero attached hydrogens (tertiary/aromatic N) is 1. The van der Waals surface area contributed by atoms with E-state index in [-0.39, 0.29) is 17.5 Å². The van der Waals surface area contributed by atoms with Crippen molar-refractivity contribution in [3.05, 3.63) is 65.2 Å². The van der Waals surface area contributed by atoms with Crippen molar-refractivity contribution in [2.75, 3.05) is 18.4 Å². The Kier molecular flexibility index (Phi) is 5.85. The van der Waals surface area contributed by atoms with Crippen LogP contribution in [0.5, 0.6) is 0 Å². The second-order valence-electron chi connectivity index (χ2n) is 7.10. The van der Waals surface area contributed by atoms with Crippen LogP contribution in [-0.2, 0) is 17.5 Å². The normalized spacial score (nSPS) is 18.3. The Hall–Kier alpha value is -2.34. The van der Waals surface area contributed by atoms with Gasteiger partial charge in [-0.15, -0.1) is 0 Å². The molecule has 3 nitrogen and oxygen atoms in total. The van der Waals surface area contributed by atoms with Gasteiger partial charge in [0.25, 0.3) is 0 Å². The number of benzene rings is 2. The molecule has 0 aromatic heterocycles. The third-order valence-electron chi connectivity index (χ3n) is 4.86. The molecule has 1 amide bonds. The quantitative estimate of drug-likeness (QED) is 0.826. The fourth-order valence-electron chi connectivity index (χ4n) is 3.56. The number of anilines is 1. The van der Waals surface area contributed by atoms with E-state index in [1.165, 1.54) is 29.3 Å². The first-order valence-electron chi connectivity index (χ1n) is 9.08. The van der Waals surface area contributed by atoms with Crippen LogP contribution in [0.3, 0.4) is 0 Å². The Bertz CT molecular complexity index is 804. The summed E-state index contributed by atoms with van der Waals surface area (Å²) in [5.41, 5.74) is 1.37. The number of likely N-dealkylation sites (tertiary alicyclic amines) is 1. The molecule has 1 heterocycles. The van der Waals surface area contributed by atoms with Crippen LogP contribution in [0, 0.1) is 12.8 Å². The monoisotopic (exact) mass is 376 g/mol. The van der Waals surface area contributed by atoms with E-state index >= 15 is 0 Å². The molecule has 1 unspecified atom stereocenters. The first-order chi connectivity index (χ1) is 12.8. The van der Waals surface area contributed by atoms with Gasteiger partial charge >= 0.3 is 6.18 Å². The van der Waals surface area contributed by atoms with Crippen molar-refractivity contribution < 1.29 is 18.0 Å². The molecule has 6 heteroatoms. The summed E-state index contributed by atoms with van der Waals surface area (Å²) in [5, 5.41) is 2.49. The summed E-state index contributed by atoms with van der Waals surface area (Å²) in [6.07, 6.45) is -2.96. The predicted octanol–water partition coefficient (Wildman–Crippen LogP) is 4.86. The van der Waals surface area contributed by atoms with E-state index in [0.717, 1.165) is 25.6 Å². The van der Waals surface area contributed by atoms with Crippen LogP contribution in [0.25, 0.3) is 0 Å². The number of para-hydroxylation sites is 1. The Morgan fingerprint density at radius 3 is 2.70 bits per heavy atom. The molecule has 0 bridgehead atoms. The Labute approximate surface area is 157 Å². The third kappa shape index (κ3) is 5.10. The van der Waals surface area contributed by atoms with E-state index < -0.39 is 11.7 Å². The second kappa shape index (κ2) is 8.13. The van der Waals surface area contributed by atoms with Gasteiger partial charge in [-0.3, -0.25) is 9.69 Å². The number of alkyl halides is 3. The number of aryl methyl sites for hydroxylation is 1. The number of carbonyl (C=O) groups is 1. The average molecular weight is 376 g/mol. The molecule has 144 valence electrons. The number of piperidine rings is 1. The molecule has 2 aromatic carbocycles. The predicted molar refractivity (Wildman–Crippen MR) is 99.3 cm³/mol. The molecular weight excluding hydrogens is 353 g/mol. The van der Waals surface area contributed by atoms with Crippen molar-refractivity contribution in [1.82, 2.24) is 4.90 Å². The highest BCUT2D eigenvalue weighted by atomic mass is 19.4. The SMILES string of the molecule is Cc1cccc(CN2CCCC(C(=O)Nc3ccccc3C(F)(F)F)C2)c1. The smallest absolute Gasteiger partial charge is 0.325 e. The van der Waals surface area contributed by atoms with Gasteiger partial charge in [-0.2, -0.15) is 13.2 Å². The lowest BCUT2D eigenvalue weighted by Crippen LogP contribution is -2.40. The van der Waals surface area contributed by atoms with Crippen LogP contribution in [0.2, 0.25) is 0 Å². The topological polar surface area (TPSA) is 32.3 Å². The zero-order valence-corrected chi connectivity index (χ0v) is 15.2. The first kappa shape index (κ1) is 19.4. The fourth-order valence-corrected chi connectivity index (χ4v) is 3.56. The number of hydrogen-bond donors (Lipinski definition) is 1. The number of halogens is 3. The second-order valence-corrected chi connectivity index (χ2v) is 7.10. The van der Waals surface area contributed by atoms with Crippen LogP contribution < -0.4 is 5.32 Å². The van der Waals surface area contributed by atoms with Gasteiger partial charge in [-0.1, -0.05) is 42.0 Å². The minimum atomic E-state index is -4.49. The molecule has 1 atom stereocenters. The highest BCUT2D eigenvalue weighted by Gasteiger charge is 2.34. The summed E-state index contributed by atoms with van der Waals surface area (Å²) in [4.78, 5) is 14.8. The molecule has 0 saturated carbocycles. The Balaban J connectivity index is 1.65. The number of rotatable bonds is 4. The summed E-state index contributed by atoms with van der Waals surface area (Å²) < 4.78 is 39.4. The first-order valence-corrected chi connectivity index (χ1v) is 9.08. The van der Waals surface area contributed by atoms with Gasteiger partial charge in [0.05, 0.1) is 17.2 Å². The number of hydrogen-bond acceptors (Lipinski definition) is 2. The van der Waals surface area contributed by atoms with Crippen molar-refractivity contribution >= 4 is 11.6 Å². The largest absolute Gasteiger partial charge is 0.418 e. The van der Waals surface area contributed by atoms with Crippen molar-refractivity contribution in [2.24, 2.45) is 5.92 Å².